The minimum absolute atomic E-state index is 0.0164. The summed E-state index contributed by atoms with van der Waals surface area (Å²) in [6.07, 6.45) is 8.33. The molecule has 2 heterocycles. The van der Waals surface area contributed by atoms with Gasteiger partial charge < -0.3 is 14.7 Å². The van der Waals surface area contributed by atoms with Crippen LogP contribution >= 0.6 is 0 Å². The summed E-state index contributed by atoms with van der Waals surface area (Å²) in [5.41, 5.74) is 24.3. The van der Waals surface area contributed by atoms with Crippen molar-refractivity contribution < 1.29 is 0 Å². The van der Waals surface area contributed by atoms with Crippen LogP contribution in [0.25, 0.3) is 5.70 Å². The van der Waals surface area contributed by atoms with Crippen molar-refractivity contribution in [2.75, 3.05) is 14.7 Å². The van der Waals surface area contributed by atoms with E-state index < -0.39 is 0 Å². The van der Waals surface area contributed by atoms with E-state index in [4.69, 9.17) is 0 Å². The fourth-order valence-corrected chi connectivity index (χ4v) is 11.9. The number of allylic oxidation sites excluding steroid dienone is 4. The van der Waals surface area contributed by atoms with Crippen molar-refractivity contribution >= 4 is 63.1 Å². The maximum atomic E-state index is 2.66. The second-order valence-corrected chi connectivity index (χ2v) is 24.0. The van der Waals surface area contributed by atoms with E-state index >= 15 is 0 Å². The van der Waals surface area contributed by atoms with Crippen molar-refractivity contribution in [2.24, 2.45) is 0 Å². The quantitative estimate of drug-likeness (QED) is 0.154. The first-order chi connectivity index (χ1) is 33.3. The molecule has 0 fully saturated rings. The third-order valence-electron chi connectivity index (χ3n) is 15.7. The largest absolute Gasteiger partial charge is 0.311 e. The van der Waals surface area contributed by atoms with Crippen molar-refractivity contribution in [3.05, 3.63) is 226 Å². The number of benzene rings is 7. The lowest BCUT2D eigenvalue weighted by Gasteiger charge is -2.47. The van der Waals surface area contributed by atoms with E-state index in [9.17, 15) is 0 Å². The van der Waals surface area contributed by atoms with Crippen LogP contribution in [-0.4, -0.2) is 6.71 Å². The van der Waals surface area contributed by atoms with Gasteiger partial charge >= 0.3 is 0 Å². The van der Waals surface area contributed by atoms with E-state index in [-0.39, 0.29) is 34.3 Å². The summed E-state index contributed by atoms with van der Waals surface area (Å²) in [6.45, 7) is 27.9. The van der Waals surface area contributed by atoms with Gasteiger partial charge in [-0.15, -0.1) is 0 Å². The average Bonchev–Trinajstić information content (AvgIpc) is 3.57. The molecule has 1 atom stereocenters. The van der Waals surface area contributed by atoms with E-state index in [2.05, 4.69) is 274 Å². The minimum Gasteiger partial charge on any atom is -0.311 e. The Labute approximate surface area is 419 Å². The molecule has 1 unspecified atom stereocenters. The Kier molecular flexibility index (Phi) is 10.7. The van der Waals surface area contributed by atoms with Gasteiger partial charge in [0.15, 0.2) is 0 Å². The summed E-state index contributed by atoms with van der Waals surface area (Å²) < 4.78 is 0. The summed E-state index contributed by atoms with van der Waals surface area (Å²) in [5.74, 6) is 0.262. The first-order valence-electron chi connectivity index (χ1n) is 25.6. The van der Waals surface area contributed by atoms with Gasteiger partial charge in [-0.3, -0.25) is 0 Å². The molecular formula is C66H68BN3. The van der Waals surface area contributed by atoms with Crippen molar-refractivity contribution in [2.45, 2.75) is 117 Å². The van der Waals surface area contributed by atoms with Crippen LogP contribution in [0.4, 0.5) is 39.8 Å². The van der Waals surface area contributed by atoms with Gasteiger partial charge in [0.25, 0.3) is 0 Å². The molecule has 2 aliphatic heterocycles. The van der Waals surface area contributed by atoms with Crippen LogP contribution in [0, 0.1) is 6.92 Å². The lowest BCUT2D eigenvalue weighted by molar-refractivity contribution is 0.589. The Morgan fingerprint density at radius 2 is 1.09 bits per heavy atom. The average molecular weight is 914 g/mol. The molecule has 350 valence electrons. The Morgan fingerprint density at radius 3 is 1.67 bits per heavy atom. The molecule has 0 bridgehead atoms. The van der Waals surface area contributed by atoms with E-state index in [0.29, 0.717) is 0 Å². The molecule has 0 saturated carbocycles. The standard InChI is InChI=1S/C66H68BN3/c1-43-39-58-60-59(40-43)70(52-22-18-19-45(41-52)44-25-27-46(28-26-44)63(2,3)4)61-54-23-16-17-24-55(54)66(11,12)62(61)67(60)56-38-37-53(42-57(56)69(58)49-20-14-13-15-21-49)68(50-33-29-47(30-34-50)64(5,6)7)51-35-31-48(32-36-51)65(8,9)10/h13-18,20-42,45H,19H2,1-12H3. The van der Waals surface area contributed by atoms with Crippen molar-refractivity contribution in [1.29, 1.82) is 0 Å². The predicted molar refractivity (Wildman–Crippen MR) is 302 cm³/mol. The van der Waals surface area contributed by atoms with Gasteiger partial charge in [-0.2, -0.15) is 0 Å². The van der Waals surface area contributed by atoms with Crippen molar-refractivity contribution in [1.82, 2.24) is 0 Å². The number of rotatable bonds is 6. The van der Waals surface area contributed by atoms with Gasteiger partial charge in [0, 0.05) is 68.1 Å². The van der Waals surface area contributed by atoms with E-state index in [1.807, 2.05) is 0 Å². The molecule has 11 rings (SSSR count). The van der Waals surface area contributed by atoms with Crippen LogP contribution in [-0.2, 0) is 21.7 Å². The highest BCUT2D eigenvalue weighted by Crippen LogP contribution is 2.56. The lowest BCUT2D eigenvalue weighted by Crippen LogP contribution is -2.58. The lowest BCUT2D eigenvalue weighted by atomic mass is 9.30. The molecule has 3 nitrogen and oxygen atoms in total. The highest BCUT2D eigenvalue weighted by atomic mass is 15.2. The van der Waals surface area contributed by atoms with E-state index in [0.717, 1.165) is 29.2 Å². The minimum atomic E-state index is -0.254. The van der Waals surface area contributed by atoms with Gasteiger partial charge in [0.2, 0.25) is 6.71 Å². The number of anilines is 7. The summed E-state index contributed by atoms with van der Waals surface area (Å²) in [5, 5.41) is 0. The first-order valence-corrected chi connectivity index (χ1v) is 25.6. The fraction of sp³-hybridized carbons (Fsp3) is 0.273. The fourth-order valence-electron chi connectivity index (χ4n) is 11.9. The zero-order chi connectivity index (χ0) is 49.1. The number of fused-ring (bicyclic) bond motifs is 5. The zero-order valence-corrected chi connectivity index (χ0v) is 43.4. The number of hydrogen-bond donors (Lipinski definition) is 0. The monoisotopic (exact) mass is 914 g/mol. The van der Waals surface area contributed by atoms with Crippen molar-refractivity contribution in [3.63, 3.8) is 0 Å². The van der Waals surface area contributed by atoms with Gasteiger partial charge in [0.1, 0.15) is 0 Å². The van der Waals surface area contributed by atoms with Crippen LogP contribution in [0.15, 0.2) is 187 Å². The normalized spacial score (nSPS) is 16.9. The molecule has 7 aromatic carbocycles. The zero-order valence-electron chi connectivity index (χ0n) is 43.4. The maximum Gasteiger partial charge on any atom is 0.248 e. The number of aryl methyl sites for hydroxylation is 1. The summed E-state index contributed by atoms with van der Waals surface area (Å²) >= 11 is 0. The highest BCUT2D eigenvalue weighted by molar-refractivity contribution is 6.96. The molecule has 0 saturated heterocycles. The van der Waals surface area contributed by atoms with E-state index in [1.54, 1.807) is 0 Å². The molecule has 70 heavy (non-hydrogen) atoms. The third-order valence-corrected chi connectivity index (χ3v) is 15.7. The SMILES string of the molecule is Cc1cc2c3c(c1)N(c1ccccc1)c1cc(N(c4ccc(C(C)(C)C)cc4)c4ccc(C(C)(C)C)cc4)ccc1B3C1=C(c3ccccc3C1(C)C)N2C1=CC(c2ccc(C(C)(C)C)cc2)CC=C1. The molecule has 4 heteroatoms. The van der Waals surface area contributed by atoms with Crippen LogP contribution < -0.4 is 25.6 Å². The molecular weight excluding hydrogens is 846 g/mol. The highest BCUT2D eigenvalue weighted by Gasteiger charge is 2.53. The topological polar surface area (TPSA) is 9.72 Å². The van der Waals surface area contributed by atoms with Crippen LogP contribution in [0.3, 0.4) is 0 Å². The molecule has 0 amide bonds. The summed E-state index contributed by atoms with van der Waals surface area (Å²) in [6, 6.07) is 60.4. The molecule has 2 aliphatic carbocycles. The van der Waals surface area contributed by atoms with Crippen LogP contribution in [0.2, 0.25) is 0 Å². The van der Waals surface area contributed by atoms with Crippen LogP contribution in [0.1, 0.15) is 127 Å². The van der Waals surface area contributed by atoms with Gasteiger partial charge in [-0.05, 0) is 141 Å². The molecule has 0 radical (unpaired) electrons. The van der Waals surface area contributed by atoms with Gasteiger partial charge in [-0.1, -0.05) is 191 Å². The van der Waals surface area contributed by atoms with Gasteiger partial charge in [-0.25, -0.2) is 0 Å². The molecule has 0 aromatic heterocycles. The molecule has 0 spiro atoms. The Morgan fingerprint density at radius 1 is 0.557 bits per heavy atom. The summed E-state index contributed by atoms with van der Waals surface area (Å²) in [4.78, 5) is 7.68. The second kappa shape index (κ2) is 16.4. The van der Waals surface area contributed by atoms with Gasteiger partial charge in [0.05, 0.1) is 0 Å². The maximum absolute atomic E-state index is 2.66. The molecule has 0 N–H and O–H groups in total. The Balaban J connectivity index is 1.15. The number of nitrogens with zero attached hydrogens (tertiary/aromatic N) is 3. The Hall–Kier alpha value is -6.78. The predicted octanol–water partition coefficient (Wildman–Crippen LogP) is 16.4. The Bertz CT molecular complexity index is 3200. The van der Waals surface area contributed by atoms with Crippen LogP contribution in [0.5, 0.6) is 0 Å². The number of para-hydroxylation sites is 1. The second-order valence-electron chi connectivity index (χ2n) is 24.0. The molecule has 7 aromatic rings. The van der Waals surface area contributed by atoms with E-state index in [1.165, 1.54) is 83.8 Å². The smallest absolute Gasteiger partial charge is 0.248 e. The molecule has 4 aliphatic rings. The first kappa shape index (κ1) is 45.7. The third kappa shape index (κ3) is 7.57. The van der Waals surface area contributed by atoms with Crippen molar-refractivity contribution in [3.8, 4) is 0 Å². The summed E-state index contributed by atoms with van der Waals surface area (Å²) in [7, 11) is 0. The number of hydrogen-bond acceptors (Lipinski definition) is 3.